The second-order valence-electron chi connectivity index (χ2n) is 4.04. The van der Waals surface area contributed by atoms with Crippen molar-refractivity contribution in [1.82, 2.24) is 4.90 Å². The highest BCUT2D eigenvalue weighted by Gasteiger charge is 2.20. The van der Waals surface area contributed by atoms with Crippen molar-refractivity contribution in [2.75, 3.05) is 19.6 Å². The van der Waals surface area contributed by atoms with E-state index in [0.717, 1.165) is 11.8 Å². The van der Waals surface area contributed by atoms with E-state index < -0.39 is 0 Å². The van der Waals surface area contributed by atoms with Gasteiger partial charge in [-0.05, 0) is 37.8 Å². The summed E-state index contributed by atoms with van der Waals surface area (Å²) >= 11 is 0. The summed E-state index contributed by atoms with van der Waals surface area (Å²) in [4.78, 5) is 2.58. The molecular weight excluding hydrogens is 134 g/mol. The Labute approximate surface area is 70.8 Å². The van der Waals surface area contributed by atoms with Crippen molar-refractivity contribution in [2.45, 2.75) is 33.6 Å². The van der Waals surface area contributed by atoms with E-state index in [0.29, 0.717) is 0 Å². The first-order valence-corrected chi connectivity index (χ1v) is 4.96. The quantitative estimate of drug-likeness (QED) is 0.592. The van der Waals surface area contributed by atoms with Gasteiger partial charge in [0.1, 0.15) is 0 Å². The number of hydrogen-bond donors (Lipinski definition) is 0. The fourth-order valence-corrected chi connectivity index (χ4v) is 1.92. The van der Waals surface area contributed by atoms with Crippen LogP contribution < -0.4 is 0 Å². The number of likely N-dealkylation sites (tertiary alicyclic amines) is 1. The molecular formula is C10H21N. The monoisotopic (exact) mass is 155 g/mol. The van der Waals surface area contributed by atoms with Crippen LogP contribution in [-0.2, 0) is 0 Å². The molecule has 1 rings (SSSR count). The zero-order valence-corrected chi connectivity index (χ0v) is 8.14. The Balaban J connectivity index is 2.33. The van der Waals surface area contributed by atoms with Crippen molar-refractivity contribution in [3.63, 3.8) is 0 Å². The molecule has 0 radical (unpaired) electrons. The zero-order valence-electron chi connectivity index (χ0n) is 8.14. The topological polar surface area (TPSA) is 3.24 Å². The molecule has 1 aliphatic rings. The molecule has 1 fully saturated rings. The van der Waals surface area contributed by atoms with Crippen LogP contribution in [0.1, 0.15) is 33.6 Å². The van der Waals surface area contributed by atoms with Gasteiger partial charge in [0.25, 0.3) is 0 Å². The van der Waals surface area contributed by atoms with Crippen LogP contribution in [0.2, 0.25) is 0 Å². The maximum Gasteiger partial charge on any atom is 0.00120 e. The first-order chi connectivity index (χ1) is 5.24. The first kappa shape index (κ1) is 9.05. The van der Waals surface area contributed by atoms with Gasteiger partial charge >= 0.3 is 0 Å². The minimum absolute atomic E-state index is 0.879. The Morgan fingerprint density at radius 1 is 1.45 bits per heavy atom. The lowest BCUT2D eigenvalue weighted by atomic mass is 9.88. The predicted octanol–water partition coefficient (Wildman–Crippen LogP) is 2.37. The van der Waals surface area contributed by atoms with Crippen molar-refractivity contribution in [3.05, 3.63) is 0 Å². The Kier molecular flexibility index (Phi) is 3.38. The van der Waals surface area contributed by atoms with Crippen LogP contribution >= 0.6 is 0 Å². The highest BCUT2D eigenvalue weighted by Crippen LogP contribution is 2.22. The van der Waals surface area contributed by atoms with Crippen LogP contribution in [0.25, 0.3) is 0 Å². The maximum atomic E-state index is 2.58. The van der Waals surface area contributed by atoms with Gasteiger partial charge in [-0.2, -0.15) is 0 Å². The highest BCUT2D eigenvalue weighted by atomic mass is 15.1. The molecule has 1 aliphatic heterocycles. The standard InChI is InChI=1S/C10H21N/c1-4-11-7-5-6-10(8-11)9(2)3/h9-10H,4-8H2,1-3H3/t10-/m0/s1. The molecule has 1 atom stereocenters. The number of hydrogen-bond acceptors (Lipinski definition) is 1. The van der Waals surface area contributed by atoms with E-state index in [1.807, 2.05) is 0 Å². The SMILES string of the molecule is CCN1CCC[C@H](C(C)C)C1. The molecule has 0 aromatic rings. The van der Waals surface area contributed by atoms with Crippen LogP contribution in [0.4, 0.5) is 0 Å². The summed E-state index contributed by atoms with van der Waals surface area (Å²) in [6.45, 7) is 10.9. The van der Waals surface area contributed by atoms with Gasteiger partial charge in [-0.3, -0.25) is 0 Å². The van der Waals surface area contributed by atoms with Gasteiger partial charge in [0, 0.05) is 6.54 Å². The van der Waals surface area contributed by atoms with Gasteiger partial charge in [0.15, 0.2) is 0 Å². The Hall–Kier alpha value is -0.0400. The van der Waals surface area contributed by atoms with Gasteiger partial charge < -0.3 is 4.90 Å². The Bertz CT molecular complexity index is 109. The third-order valence-corrected chi connectivity index (χ3v) is 2.93. The molecule has 0 aromatic heterocycles. The fourth-order valence-electron chi connectivity index (χ4n) is 1.92. The second kappa shape index (κ2) is 4.10. The van der Waals surface area contributed by atoms with Crippen molar-refractivity contribution >= 4 is 0 Å². The first-order valence-electron chi connectivity index (χ1n) is 4.96. The van der Waals surface area contributed by atoms with Crippen molar-refractivity contribution in [3.8, 4) is 0 Å². The molecule has 11 heavy (non-hydrogen) atoms. The third-order valence-electron chi connectivity index (χ3n) is 2.93. The van der Waals surface area contributed by atoms with E-state index in [4.69, 9.17) is 0 Å². The molecule has 0 saturated carbocycles. The van der Waals surface area contributed by atoms with E-state index in [-0.39, 0.29) is 0 Å². The molecule has 0 unspecified atom stereocenters. The molecule has 0 aromatic carbocycles. The average Bonchev–Trinajstić information content (AvgIpc) is 2.05. The van der Waals surface area contributed by atoms with E-state index in [2.05, 4.69) is 25.7 Å². The van der Waals surface area contributed by atoms with Crippen LogP contribution in [0, 0.1) is 11.8 Å². The summed E-state index contributed by atoms with van der Waals surface area (Å²) < 4.78 is 0. The van der Waals surface area contributed by atoms with Gasteiger partial charge in [-0.25, -0.2) is 0 Å². The largest absolute Gasteiger partial charge is 0.303 e. The number of nitrogens with zero attached hydrogens (tertiary/aromatic N) is 1. The smallest absolute Gasteiger partial charge is 0.00120 e. The average molecular weight is 155 g/mol. The van der Waals surface area contributed by atoms with E-state index in [1.165, 1.54) is 32.5 Å². The normalized spacial score (nSPS) is 27.8. The van der Waals surface area contributed by atoms with Gasteiger partial charge in [-0.1, -0.05) is 20.8 Å². The molecule has 0 spiro atoms. The molecule has 0 amide bonds. The zero-order chi connectivity index (χ0) is 8.27. The van der Waals surface area contributed by atoms with E-state index in [1.54, 1.807) is 0 Å². The minimum atomic E-state index is 0.879. The van der Waals surface area contributed by atoms with Crippen molar-refractivity contribution in [2.24, 2.45) is 11.8 Å². The van der Waals surface area contributed by atoms with Crippen molar-refractivity contribution < 1.29 is 0 Å². The summed E-state index contributed by atoms with van der Waals surface area (Å²) in [6, 6.07) is 0. The summed E-state index contributed by atoms with van der Waals surface area (Å²) in [5, 5.41) is 0. The molecule has 1 heterocycles. The molecule has 66 valence electrons. The molecule has 0 N–H and O–H groups in total. The number of rotatable bonds is 2. The summed E-state index contributed by atoms with van der Waals surface area (Å²) in [6.07, 6.45) is 2.87. The summed E-state index contributed by atoms with van der Waals surface area (Å²) in [7, 11) is 0. The van der Waals surface area contributed by atoms with Gasteiger partial charge in [0.05, 0.1) is 0 Å². The van der Waals surface area contributed by atoms with E-state index >= 15 is 0 Å². The lowest BCUT2D eigenvalue weighted by Gasteiger charge is -2.33. The molecule has 0 bridgehead atoms. The third kappa shape index (κ3) is 2.48. The van der Waals surface area contributed by atoms with Crippen LogP contribution in [-0.4, -0.2) is 24.5 Å². The second-order valence-corrected chi connectivity index (χ2v) is 4.04. The Morgan fingerprint density at radius 2 is 2.18 bits per heavy atom. The highest BCUT2D eigenvalue weighted by molar-refractivity contribution is 4.73. The lowest BCUT2D eigenvalue weighted by molar-refractivity contribution is 0.152. The fraction of sp³-hybridized carbons (Fsp3) is 1.00. The molecule has 0 aliphatic carbocycles. The Morgan fingerprint density at radius 3 is 2.73 bits per heavy atom. The lowest BCUT2D eigenvalue weighted by Crippen LogP contribution is -2.37. The van der Waals surface area contributed by atoms with Crippen molar-refractivity contribution in [1.29, 1.82) is 0 Å². The molecule has 1 saturated heterocycles. The minimum Gasteiger partial charge on any atom is -0.303 e. The van der Waals surface area contributed by atoms with Gasteiger partial charge in [-0.15, -0.1) is 0 Å². The van der Waals surface area contributed by atoms with Crippen LogP contribution in [0.15, 0.2) is 0 Å². The summed E-state index contributed by atoms with van der Waals surface area (Å²) in [5.74, 6) is 1.84. The van der Waals surface area contributed by atoms with Crippen LogP contribution in [0.5, 0.6) is 0 Å². The molecule has 1 heteroatoms. The predicted molar refractivity (Wildman–Crippen MR) is 49.7 cm³/mol. The maximum absolute atomic E-state index is 2.58. The summed E-state index contributed by atoms with van der Waals surface area (Å²) in [5.41, 5.74) is 0. The molecule has 1 nitrogen and oxygen atoms in total. The van der Waals surface area contributed by atoms with Gasteiger partial charge in [0.2, 0.25) is 0 Å². The number of piperidine rings is 1. The van der Waals surface area contributed by atoms with E-state index in [9.17, 15) is 0 Å². The van der Waals surface area contributed by atoms with Crippen LogP contribution in [0.3, 0.4) is 0 Å².